The zero-order valence-corrected chi connectivity index (χ0v) is 11.5. The number of alkyl halides is 3. The summed E-state index contributed by atoms with van der Waals surface area (Å²) in [5.74, 6) is -0.198. The summed E-state index contributed by atoms with van der Waals surface area (Å²) in [6.45, 7) is 1.76. The van der Waals surface area contributed by atoms with E-state index < -0.39 is 27.7 Å². The molecule has 1 aliphatic rings. The van der Waals surface area contributed by atoms with E-state index in [4.69, 9.17) is 5.73 Å². The summed E-state index contributed by atoms with van der Waals surface area (Å²) in [6, 6.07) is 0.434. The van der Waals surface area contributed by atoms with Gasteiger partial charge in [-0.2, -0.15) is 13.2 Å². The van der Waals surface area contributed by atoms with Crippen molar-refractivity contribution in [2.75, 3.05) is 28.7 Å². The Bertz CT molecular complexity index is 616. The van der Waals surface area contributed by atoms with Crippen molar-refractivity contribution in [2.45, 2.75) is 19.1 Å². The summed E-state index contributed by atoms with van der Waals surface area (Å²) < 4.78 is 61.0. The largest absolute Gasteiger partial charge is 0.433 e. The van der Waals surface area contributed by atoms with Gasteiger partial charge in [0, 0.05) is 12.6 Å². The monoisotopic (exact) mass is 309 g/mol. The average Bonchev–Trinajstić information content (AvgIpc) is 2.28. The molecule has 2 rings (SSSR count). The summed E-state index contributed by atoms with van der Waals surface area (Å²) in [4.78, 5) is 4.84. The molecular weight excluding hydrogens is 295 g/mol. The van der Waals surface area contributed by atoms with Crippen LogP contribution in [0.2, 0.25) is 0 Å². The third-order valence-corrected chi connectivity index (χ3v) is 4.98. The average molecular weight is 309 g/mol. The van der Waals surface area contributed by atoms with Crippen molar-refractivity contribution < 1.29 is 21.6 Å². The van der Waals surface area contributed by atoms with Crippen LogP contribution in [0.15, 0.2) is 12.3 Å². The summed E-state index contributed by atoms with van der Waals surface area (Å²) in [6.07, 6.45) is -3.61. The molecule has 20 heavy (non-hydrogen) atoms. The highest BCUT2D eigenvalue weighted by molar-refractivity contribution is 7.91. The van der Waals surface area contributed by atoms with Gasteiger partial charge in [0.25, 0.3) is 0 Å². The number of nitrogens with two attached hydrogens (primary N) is 1. The van der Waals surface area contributed by atoms with Gasteiger partial charge >= 0.3 is 6.18 Å². The lowest BCUT2D eigenvalue weighted by Gasteiger charge is -2.35. The topological polar surface area (TPSA) is 76.3 Å². The van der Waals surface area contributed by atoms with Crippen molar-refractivity contribution in [2.24, 2.45) is 0 Å². The molecule has 5 nitrogen and oxygen atoms in total. The van der Waals surface area contributed by atoms with E-state index in [2.05, 4.69) is 4.98 Å². The summed E-state index contributed by atoms with van der Waals surface area (Å²) in [5, 5.41) is 0. The lowest BCUT2D eigenvalue weighted by atomic mass is 10.2. The van der Waals surface area contributed by atoms with E-state index in [-0.39, 0.29) is 29.4 Å². The zero-order chi connectivity index (χ0) is 15.1. The molecule has 0 saturated carbocycles. The number of sulfone groups is 1. The second kappa shape index (κ2) is 4.80. The maximum atomic E-state index is 12.7. The van der Waals surface area contributed by atoms with Crippen LogP contribution >= 0.6 is 0 Å². The van der Waals surface area contributed by atoms with Crippen LogP contribution in [0.1, 0.15) is 12.6 Å². The minimum atomic E-state index is -4.56. The van der Waals surface area contributed by atoms with E-state index in [1.807, 2.05) is 0 Å². The first-order chi connectivity index (χ1) is 9.10. The number of halogens is 3. The Balaban J connectivity index is 2.38. The van der Waals surface area contributed by atoms with E-state index in [1.54, 1.807) is 11.8 Å². The first kappa shape index (κ1) is 14.9. The zero-order valence-electron chi connectivity index (χ0n) is 10.7. The van der Waals surface area contributed by atoms with Crippen molar-refractivity contribution in [3.63, 3.8) is 0 Å². The van der Waals surface area contributed by atoms with Gasteiger partial charge in [-0.05, 0) is 13.0 Å². The number of anilines is 2. The molecule has 0 bridgehead atoms. The van der Waals surface area contributed by atoms with E-state index in [0.29, 0.717) is 0 Å². The Morgan fingerprint density at radius 1 is 1.45 bits per heavy atom. The van der Waals surface area contributed by atoms with Crippen molar-refractivity contribution in [3.8, 4) is 0 Å². The van der Waals surface area contributed by atoms with E-state index in [1.165, 1.54) is 0 Å². The highest BCUT2D eigenvalue weighted by atomic mass is 32.2. The van der Waals surface area contributed by atoms with Crippen LogP contribution in [0.4, 0.5) is 24.5 Å². The first-order valence-electron chi connectivity index (χ1n) is 5.90. The standard InChI is InChI=1S/C11H14F3N3O2S/c1-7-6-20(18,19)3-2-17(7)9-4-10(11(12,13)14)16-5-8(9)15/h4-5,7H,2-3,6,15H2,1H3. The Hall–Kier alpha value is -1.51. The van der Waals surface area contributed by atoms with Crippen LogP contribution in [0, 0.1) is 0 Å². The Kier molecular flexibility index (Phi) is 3.57. The Morgan fingerprint density at radius 3 is 2.65 bits per heavy atom. The van der Waals surface area contributed by atoms with Gasteiger partial charge in [0.15, 0.2) is 9.84 Å². The van der Waals surface area contributed by atoms with Crippen molar-refractivity contribution >= 4 is 21.2 Å². The van der Waals surface area contributed by atoms with Crippen molar-refractivity contribution in [3.05, 3.63) is 18.0 Å². The molecular formula is C11H14F3N3O2S. The third-order valence-electron chi connectivity index (χ3n) is 3.18. The third kappa shape index (κ3) is 2.97. The molecule has 0 aromatic carbocycles. The molecule has 1 aromatic rings. The van der Waals surface area contributed by atoms with Crippen molar-refractivity contribution in [1.82, 2.24) is 4.98 Å². The minimum Gasteiger partial charge on any atom is -0.396 e. The fourth-order valence-corrected chi connectivity index (χ4v) is 3.77. The van der Waals surface area contributed by atoms with Gasteiger partial charge in [0.1, 0.15) is 5.69 Å². The quantitative estimate of drug-likeness (QED) is 0.846. The van der Waals surface area contributed by atoms with E-state index in [9.17, 15) is 21.6 Å². The van der Waals surface area contributed by atoms with E-state index in [0.717, 1.165) is 12.3 Å². The van der Waals surface area contributed by atoms with Gasteiger partial charge in [0.2, 0.25) is 0 Å². The lowest BCUT2D eigenvalue weighted by Crippen LogP contribution is -2.47. The molecule has 0 aliphatic carbocycles. The molecule has 2 N–H and O–H groups in total. The molecule has 2 heterocycles. The molecule has 0 spiro atoms. The maximum Gasteiger partial charge on any atom is 0.433 e. The van der Waals surface area contributed by atoms with Crippen LogP contribution in [0.5, 0.6) is 0 Å². The van der Waals surface area contributed by atoms with Gasteiger partial charge < -0.3 is 10.6 Å². The van der Waals surface area contributed by atoms with Crippen LogP contribution in [-0.4, -0.2) is 37.5 Å². The van der Waals surface area contributed by atoms with Gasteiger partial charge in [-0.3, -0.25) is 0 Å². The SMILES string of the molecule is CC1CS(=O)(=O)CCN1c1cc(C(F)(F)F)ncc1N. The minimum absolute atomic E-state index is 0.0968. The second-order valence-corrected chi connectivity index (χ2v) is 7.01. The van der Waals surface area contributed by atoms with Gasteiger partial charge in [-0.15, -0.1) is 0 Å². The van der Waals surface area contributed by atoms with E-state index >= 15 is 0 Å². The molecule has 9 heteroatoms. The molecule has 1 aliphatic heterocycles. The molecule has 1 unspecified atom stereocenters. The number of nitrogens with zero attached hydrogens (tertiary/aromatic N) is 2. The molecule has 112 valence electrons. The highest BCUT2D eigenvalue weighted by Crippen LogP contribution is 2.34. The van der Waals surface area contributed by atoms with Gasteiger partial charge in [-0.1, -0.05) is 0 Å². The fourth-order valence-electron chi connectivity index (χ4n) is 2.22. The number of aromatic nitrogens is 1. The van der Waals surface area contributed by atoms with Crippen LogP contribution in [-0.2, 0) is 16.0 Å². The Morgan fingerprint density at radius 2 is 2.10 bits per heavy atom. The molecule has 0 radical (unpaired) electrons. The summed E-state index contributed by atoms with van der Waals surface area (Å²) in [5.41, 5.74) is 4.91. The predicted molar refractivity (Wildman–Crippen MR) is 69.1 cm³/mol. The van der Waals surface area contributed by atoms with Crippen LogP contribution < -0.4 is 10.6 Å². The molecule has 1 fully saturated rings. The maximum absolute atomic E-state index is 12.7. The van der Waals surface area contributed by atoms with Crippen LogP contribution in [0.3, 0.4) is 0 Å². The number of hydrogen-bond donors (Lipinski definition) is 1. The van der Waals surface area contributed by atoms with Crippen LogP contribution in [0.25, 0.3) is 0 Å². The molecule has 1 atom stereocenters. The summed E-state index contributed by atoms with van der Waals surface area (Å²) >= 11 is 0. The number of rotatable bonds is 1. The first-order valence-corrected chi connectivity index (χ1v) is 7.72. The van der Waals surface area contributed by atoms with Crippen molar-refractivity contribution in [1.29, 1.82) is 0 Å². The fraction of sp³-hybridized carbons (Fsp3) is 0.545. The number of nitrogen functional groups attached to an aromatic ring is 1. The molecule has 0 amide bonds. The smallest absolute Gasteiger partial charge is 0.396 e. The predicted octanol–water partition coefficient (Wildman–Crippen LogP) is 1.31. The summed E-state index contributed by atoms with van der Waals surface area (Å²) in [7, 11) is -3.14. The Labute approximate surface area is 114 Å². The van der Waals surface area contributed by atoms with Gasteiger partial charge in [-0.25, -0.2) is 13.4 Å². The van der Waals surface area contributed by atoms with Gasteiger partial charge in [0.05, 0.1) is 29.1 Å². The lowest BCUT2D eigenvalue weighted by molar-refractivity contribution is -0.141. The molecule has 1 saturated heterocycles. The highest BCUT2D eigenvalue weighted by Gasteiger charge is 2.35. The number of hydrogen-bond acceptors (Lipinski definition) is 5. The molecule has 1 aromatic heterocycles. The number of pyridine rings is 1. The normalized spacial score (nSPS) is 22.8. The second-order valence-electron chi connectivity index (χ2n) is 4.78.